The summed E-state index contributed by atoms with van der Waals surface area (Å²) in [4.78, 5) is 24.7. The molecule has 0 aliphatic carbocycles. The van der Waals surface area contributed by atoms with Crippen molar-refractivity contribution in [3.63, 3.8) is 0 Å². The maximum atomic E-state index is 13.4. The molecule has 0 fully saturated rings. The van der Waals surface area contributed by atoms with Crippen molar-refractivity contribution in [1.29, 1.82) is 0 Å². The van der Waals surface area contributed by atoms with E-state index in [1.165, 1.54) is 40.7 Å². The number of fused-ring (bicyclic) bond motifs is 1. The summed E-state index contributed by atoms with van der Waals surface area (Å²) in [6, 6.07) is 15.9. The third-order valence-electron chi connectivity index (χ3n) is 5.64. The molecular formula is C25H22F2N2O5S. The summed E-state index contributed by atoms with van der Waals surface area (Å²) < 4.78 is 59.4. The standard InChI is InChI=1S/C25H22F2N2O5S/c26-18-5-9-20(10-6-18)28-24(30)16-34-25(31)15-23-22-4-2-1-3-17(22)13-14-29(23)35(32,33)21-11-7-19(27)8-12-21/h1-12,23H,13-16H2,(H,28,30). The number of carbonyl (C=O) groups excluding carboxylic acids is 2. The van der Waals surface area contributed by atoms with Crippen molar-refractivity contribution in [1.82, 2.24) is 4.31 Å². The molecule has 1 heterocycles. The summed E-state index contributed by atoms with van der Waals surface area (Å²) in [6.07, 6.45) is 0.128. The molecule has 0 aromatic heterocycles. The average Bonchev–Trinajstić information content (AvgIpc) is 2.84. The van der Waals surface area contributed by atoms with E-state index < -0.39 is 46.2 Å². The number of amides is 1. The van der Waals surface area contributed by atoms with Crippen LogP contribution in [0, 0.1) is 11.6 Å². The predicted molar refractivity (Wildman–Crippen MR) is 124 cm³/mol. The van der Waals surface area contributed by atoms with Crippen LogP contribution in [0.4, 0.5) is 14.5 Å². The molecule has 4 rings (SSSR count). The number of esters is 1. The van der Waals surface area contributed by atoms with Crippen LogP contribution in [0.15, 0.2) is 77.7 Å². The number of nitrogens with zero attached hydrogens (tertiary/aromatic N) is 1. The Labute approximate surface area is 201 Å². The molecule has 0 bridgehead atoms. The first kappa shape index (κ1) is 24.5. The molecule has 0 spiro atoms. The molecule has 182 valence electrons. The maximum absolute atomic E-state index is 13.4. The van der Waals surface area contributed by atoms with Gasteiger partial charge in [0.05, 0.1) is 17.4 Å². The minimum Gasteiger partial charge on any atom is -0.456 e. The van der Waals surface area contributed by atoms with E-state index in [-0.39, 0.29) is 17.9 Å². The minimum atomic E-state index is -4.04. The Morgan fingerprint density at radius 2 is 1.57 bits per heavy atom. The van der Waals surface area contributed by atoms with Crippen molar-refractivity contribution in [3.05, 3.63) is 95.6 Å². The molecule has 1 aliphatic heterocycles. The molecule has 1 unspecified atom stereocenters. The average molecular weight is 501 g/mol. The molecule has 3 aromatic carbocycles. The Morgan fingerprint density at radius 1 is 0.943 bits per heavy atom. The fourth-order valence-corrected chi connectivity index (χ4v) is 5.57. The van der Waals surface area contributed by atoms with E-state index in [1.54, 1.807) is 12.1 Å². The van der Waals surface area contributed by atoms with E-state index in [2.05, 4.69) is 5.32 Å². The smallest absolute Gasteiger partial charge is 0.308 e. The Hall–Kier alpha value is -3.63. The second-order valence-electron chi connectivity index (χ2n) is 7.95. The van der Waals surface area contributed by atoms with Gasteiger partial charge in [0.15, 0.2) is 6.61 Å². The lowest BCUT2D eigenvalue weighted by atomic mass is 9.92. The Morgan fingerprint density at radius 3 is 2.26 bits per heavy atom. The number of rotatable bonds is 7. The zero-order chi connectivity index (χ0) is 25.0. The number of carbonyl (C=O) groups is 2. The first-order valence-electron chi connectivity index (χ1n) is 10.8. The molecule has 0 saturated heterocycles. The third kappa shape index (κ3) is 5.72. The number of hydrogen-bond acceptors (Lipinski definition) is 5. The van der Waals surface area contributed by atoms with Gasteiger partial charge in [-0.2, -0.15) is 4.31 Å². The number of benzene rings is 3. The quantitative estimate of drug-likeness (QED) is 0.498. The van der Waals surface area contributed by atoms with E-state index in [4.69, 9.17) is 4.74 Å². The molecule has 1 aliphatic rings. The lowest BCUT2D eigenvalue weighted by molar-refractivity contribution is -0.148. The predicted octanol–water partition coefficient (Wildman–Crippen LogP) is 3.82. The number of halogens is 2. The largest absolute Gasteiger partial charge is 0.456 e. The fraction of sp³-hybridized carbons (Fsp3) is 0.200. The normalized spacial score (nSPS) is 15.8. The van der Waals surface area contributed by atoms with E-state index in [9.17, 15) is 26.8 Å². The Bertz CT molecular complexity index is 1330. The zero-order valence-electron chi connectivity index (χ0n) is 18.5. The van der Waals surface area contributed by atoms with E-state index in [0.29, 0.717) is 17.7 Å². The SMILES string of the molecule is O=C(COC(=O)CC1c2ccccc2CCN1S(=O)(=O)c1ccc(F)cc1)Nc1ccc(F)cc1. The summed E-state index contributed by atoms with van der Waals surface area (Å²) >= 11 is 0. The Balaban J connectivity index is 1.49. The molecule has 35 heavy (non-hydrogen) atoms. The van der Waals surface area contributed by atoms with Crippen LogP contribution in [-0.2, 0) is 30.8 Å². The molecule has 3 aromatic rings. The summed E-state index contributed by atoms with van der Waals surface area (Å²) in [5.74, 6) is -2.40. The second-order valence-corrected chi connectivity index (χ2v) is 9.84. The number of anilines is 1. The molecule has 10 heteroatoms. The number of nitrogens with one attached hydrogen (secondary N) is 1. The van der Waals surface area contributed by atoms with Crippen LogP contribution < -0.4 is 5.32 Å². The highest BCUT2D eigenvalue weighted by Crippen LogP contribution is 2.36. The highest BCUT2D eigenvalue weighted by molar-refractivity contribution is 7.89. The number of sulfonamides is 1. The minimum absolute atomic E-state index is 0.0877. The zero-order valence-corrected chi connectivity index (χ0v) is 19.3. The van der Waals surface area contributed by atoms with E-state index >= 15 is 0 Å². The summed E-state index contributed by atoms with van der Waals surface area (Å²) in [6.45, 7) is -0.463. The molecule has 7 nitrogen and oxygen atoms in total. The van der Waals surface area contributed by atoms with Gasteiger partial charge in [-0.05, 0) is 66.1 Å². The van der Waals surface area contributed by atoms with Gasteiger partial charge in [-0.3, -0.25) is 9.59 Å². The van der Waals surface area contributed by atoms with Crippen LogP contribution in [0.3, 0.4) is 0 Å². The lowest BCUT2D eigenvalue weighted by Crippen LogP contribution is -2.41. The first-order valence-corrected chi connectivity index (χ1v) is 12.2. The van der Waals surface area contributed by atoms with Crippen molar-refractivity contribution in [2.75, 3.05) is 18.5 Å². The topological polar surface area (TPSA) is 92.8 Å². The number of hydrogen-bond donors (Lipinski definition) is 1. The third-order valence-corrected chi connectivity index (χ3v) is 7.56. The van der Waals surface area contributed by atoms with Crippen LogP contribution in [-0.4, -0.2) is 37.8 Å². The molecule has 0 saturated carbocycles. The van der Waals surface area contributed by atoms with Crippen molar-refractivity contribution >= 4 is 27.6 Å². The van der Waals surface area contributed by atoms with Crippen molar-refractivity contribution in [3.8, 4) is 0 Å². The van der Waals surface area contributed by atoms with E-state index in [1.807, 2.05) is 12.1 Å². The summed E-state index contributed by atoms with van der Waals surface area (Å²) in [5, 5.41) is 2.48. The fourth-order valence-electron chi connectivity index (χ4n) is 3.96. The van der Waals surface area contributed by atoms with Crippen molar-refractivity contribution in [2.45, 2.75) is 23.8 Å². The van der Waals surface area contributed by atoms with Gasteiger partial charge in [0.2, 0.25) is 10.0 Å². The van der Waals surface area contributed by atoms with Gasteiger partial charge >= 0.3 is 5.97 Å². The maximum Gasteiger partial charge on any atom is 0.308 e. The van der Waals surface area contributed by atoms with Crippen LogP contribution in [0.2, 0.25) is 0 Å². The highest BCUT2D eigenvalue weighted by Gasteiger charge is 2.37. The van der Waals surface area contributed by atoms with Gasteiger partial charge in [0.1, 0.15) is 11.6 Å². The Kier molecular flexibility index (Phi) is 7.23. The summed E-state index contributed by atoms with van der Waals surface area (Å²) in [7, 11) is -4.04. The molecule has 0 radical (unpaired) electrons. The van der Waals surface area contributed by atoms with Crippen molar-refractivity contribution < 1.29 is 31.5 Å². The van der Waals surface area contributed by atoms with Gasteiger partial charge in [-0.25, -0.2) is 17.2 Å². The van der Waals surface area contributed by atoms with Crippen LogP contribution in [0.1, 0.15) is 23.6 Å². The number of ether oxygens (including phenoxy) is 1. The molecule has 1 N–H and O–H groups in total. The van der Waals surface area contributed by atoms with Gasteiger partial charge in [0.25, 0.3) is 5.91 Å². The van der Waals surface area contributed by atoms with Crippen LogP contribution in [0.5, 0.6) is 0 Å². The molecule has 1 atom stereocenters. The highest BCUT2D eigenvalue weighted by atomic mass is 32.2. The van der Waals surface area contributed by atoms with Gasteiger partial charge in [-0.15, -0.1) is 0 Å². The second kappa shape index (κ2) is 10.3. The van der Waals surface area contributed by atoms with Gasteiger partial charge in [0, 0.05) is 12.2 Å². The van der Waals surface area contributed by atoms with Crippen LogP contribution in [0.25, 0.3) is 0 Å². The summed E-state index contributed by atoms with van der Waals surface area (Å²) in [5.41, 5.74) is 1.91. The molecular weight excluding hydrogens is 478 g/mol. The molecule has 1 amide bonds. The van der Waals surface area contributed by atoms with Gasteiger partial charge in [-0.1, -0.05) is 24.3 Å². The van der Waals surface area contributed by atoms with Crippen LogP contribution >= 0.6 is 0 Å². The first-order chi connectivity index (χ1) is 16.7. The van der Waals surface area contributed by atoms with Gasteiger partial charge < -0.3 is 10.1 Å². The monoisotopic (exact) mass is 500 g/mol. The van der Waals surface area contributed by atoms with Crippen molar-refractivity contribution in [2.24, 2.45) is 0 Å². The lowest BCUT2D eigenvalue weighted by Gasteiger charge is -2.36. The van der Waals surface area contributed by atoms with E-state index in [0.717, 1.165) is 17.7 Å².